The summed E-state index contributed by atoms with van der Waals surface area (Å²) < 4.78 is 10.9. The highest BCUT2D eigenvalue weighted by Gasteiger charge is 2.15. The number of anilines is 1. The van der Waals surface area contributed by atoms with Crippen LogP contribution in [0.1, 0.15) is 43.5 Å². The molecule has 0 unspecified atom stereocenters. The highest BCUT2D eigenvalue weighted by Crippen LogP contribution is 2.24. The second-order valence-corrected chi connectivity index (χ2v) is 4.73. The van der Waals surface area contributed by atoms with Crippen LogP contribution >= 0.6 is 0 Å². The highest BCUT2D eigenvalue weighted by molar-refractivity contribution is 6.01. The van der Waals surface area contributed by atoms with Crippen molar-refractivity contribution in [1.82, 2.24) is 5.32 Å². The lowest BCUT2D eigenvalue weighted by atomic mass is 10.1. The first-order valence-corrected chi connectivity index (χ1v) is 7.57. The summed E-state index contributed by atoms with van der Waals surface area (Å²) in [7, 11) is 0. The lowest BCUT2D eigenvalue weighted by Gasteiger charge is -2.12. The Kier molecular flexibility index (Phi) is 8.28. The van der Waals surface area contributed by atoms with Crippen LogP contribution in [0.3, 0.4) is 0 Å². The number of unbranched alkanes of at least 4 members (excludes halogenated alkanes) is 1. The number of nitrogens with one attached hydrogen (secondary N) is 1. The van der Waals surface area contributed by atoms with Crippen LogP contribution < -0.4 is 15.8 Å². The van der Waals surface area contributed by atoms with Crippen LogP contribution in [0, 0.1) is 0 Å². The smallest absolute Gasteiger partial charge is 0.257 e. The summed E-state index contributed by atoms with van der Waals surface area (Å²) in [5.74, 6) is 0.319. The molecule has 0 fully saturated rings. The fourth-order valence-corrected chi connectivity index (χ4v) is 1.88. The molecule has 0 spiro atoms. The lowest BCUT2D eigenvalue weighted by molar-refractivity contribution is 0.0937. The molecule has 0 aromatic heterocycles. The quantitative estimate of drug-likeness (QED) is 0.514. The summed E-state index contributed by atoms with van der Waals surface area (Å²) in [6.07, 6.45) is 2.99. The SMILES string of the molecule is CCCCOCCCNC(=O)c1c(N)cccc1OCC. The average Bonchev–Trinajstić information content (AvgIpc) is 2.46. The van der Waals surface area contributed by atoms with Crippen molar-refractivity contribution in [2.24, 2.45) is 0 Å². The van der Waals surface area contributed by atoms with Crippen LogP contribution in [0.2, 0.25) is 0 Å². The second kappa shape index (κ2) is 10.0. The molecular weight excluding hydrogens is 268 g/mol. The molecule has 5 heteroatoms. The molecule has 0 aliphatic heterocycles. The molecule has 1 amide bonds. The van der Waals surface area contributed by atoms with Crippen molar-refractivity contribution in [2.75, 3.05) is 32.1 Å². The fourth-order valence-electron chi connectivity index (χ4n) is 1.88. The van der Waals surface area contributed by atoms with Crippen LogP contribution in [0.25, 0.3) is 0 Å². The van der Waals surface area contributed by atoms with Crippen LogP contribution in [0.5, 0.6) is 5.75 Å². The predicted molar refractivity (Wildman–Crippen MR) is 84.7 cm³/mol. The number of benzene rings is 1. The van der Waals surface area contributed by atoms with Crippen LogP contribution in [-0.2, 0) is 4.74 Å². The van der Waals surface area contributed by atoms with Crippen LogP contribution in [-0.4, -0.2) is 32.3 Å². The van der Waals surface area contributed by atoms with Crippen molar-refractivity contribution in [3.8, 4) is 5.75 Å². The van der Waals surface area contributed by atoms with Gasteiger partial charge in [0.05, 0.1) is 6.61 Å². The Hall–Kier alpha value is -1.75. The first-order valence-electron chi connectivity index (χ1n) is 7.57. The normalized spacial score (nSPS) is 10.4. The number of carbonyl (C=O) groups is 1. The van der Waals surface area contributed by atoms with Crippen molar-refractivity contribution in [1.29, 1.82) is 0 Å². The number of hydrogen-bond acceptors (Lipinski definition) is 4. The Morgan fingerprint density at radius 3 is 2.71 bits per heavy atom. The van der Waals surface area contributed by atoms with E-state index in [1.54, 1.807) is 18.2 Å². The van der Waals surface area contributed by atoms with Crippen molar-refractivity contribution < 1.29 is 14.3 Å². The van der Waals surface area contributed by atoms with Crippen LogP contribution in [0.4, 0.5) is 5.69 Å². The summed E-state index contributed by atoms with van der Waals surface area (Å²) in [4.78, 5) is 12.2. The number of amides is 1. The number of nitrogens with two attached hydrogens (primary N) is 1. The molecule has 0 saturated heterocycles. The van der Waals surface area contributed by atoms with E-state index in [1.165, 1.54) is 0 Å². The molecule has 0 atom stereocenters. The molecule has 0 radical (unpaired) electrons. The Balaban J connectivity index is 2.41. The molecule has 5 nitrogen and oxygen atoms in total. The minimum atomic E-state index is -0.204. The Labute approximate surface area is 126 Å². The monoisotopic (exact) mass is 294 g/mol. The second-order valence-electron chi connectivity index (χ2n) is 4.73. The lowest BCUT2D eigenvalue weighted by Crippen LogP contribution is -2.26. The van der Waals surface area contributed by atoms with Crippen LogP contribution in [0.15, 0.2) is 18.2 Å². The maximum Gasteiger partial charge on any atom is 0.257 e. The first kappa shape index (κ1) is 17.3. The zero-order chi connectivity index (χ0) is 15.5. The van der Waals surface area contributed by atoms with Gasteiger partial charge in [0.25, 0.3) is 5.91 Å². The van der Waals surface area contributed by atoms with Gasteiger partial charge in [0.2, 0.25) is 0 Å². The topological polar surface area (TPSA) is 73.6 Å². The van der Waals surface area contributed by atoms with Gasteiger partial charge in [-0.1, -0.05) is 19.4 Å². The first-order chi connectivity index (χ1) is 10.2. The number of hydrogen-bond donors (Lipinski definition) is 2. The third kappa shape index (κ3) is 6.04. The molecule has 21 heavy (non-hydrogen) atoms. The minimum absolute atomic E-state index is 0.204. The highest BCUT2D eigenvalue weighted by atomic mass is 16.5. The molecular formula is C16H26N2O3. The van der Waals surface area contributed by atoms with E-state index in [1.807, 2.05) is 6.92 Å². The van der Waals surface area contributed by atoms with E-state index in [0.29, 0.717) is 36.8 Å². The third-order valence-electron chi connectivity index (χ3n) is 2.98. The Morgan fingerprint density at radius 1 is 1.24 bits per heavy atom. The van der Waals surface area contributed by atoms with E-state index < -0.39 is 0 Å². The molecule has 0 bridgehead atoms. The number of rotatable bonds is 10. The Bertz CT molecular complexity index is 436. The molecule has 0 saturated carbocycles. The molecule has 1 aromatic carbocycles. The van der Waals surface area contributed by atoms with Gasteiger partial charge in [0, 0.05) is 25.4 Å². The van der Waals surface area contributed by atoms with Gasteiger partial charge in [-0.3, -0.25) is 4.79 Å². The number of ether oxygens (including phenoxy) is 2. The van der Waals surface area contributed by atoms with Gasteiger partial charge in [-0.25, -0.2) is 0 Å². The average molecular weight is 294 g/mol. The van der Waals surface area contributed by atoms with Gasteiger partial charge < -0.3 is 20.5 Å². The summed E-state index contributed by atoms with van der Waals surface area (Å²) >= 11 is 0. The van der Waals surface area contributed by atoms with Gasteiger partial charge in [0.15, 0.2) is 0 Å². The van der Waals surface area contributed by atoms with Gasteiger partial charge in [0.1, 0.15) is 11.3 Å². The predicted octanol–water partition coefficient (Wildman–Crippen LogP) is 2.60. The van der Waals surface area contributed by atoms with E-state index >= 15 is 0 Å². The molecule has 0 aliphatic rings. The fraction of sp³-hybridized carbons (Fsp3) is 0.562. The zero-order valence-electron chi connectivity index (χ0n) is 13.0. The van der Waals surface area contributed by atoms with E-state index in [9.17, 15) is 4.79 Å². The van der Waals surface area contributed by atoms with Gasteiger partial charge in [-0.05, 0) is 31.9 Å². The van der Waals surface area contributed by atoms with Gasteiger partial charge in [-0.15, -0.1) is 0 Å². The molecule has 3 N–H and O–H groups in total. The molecule has 0 heterocycles. The van der Waals surface area contributed by atoms with Gasteiger partial charge >= 0.3 is 0 Å². The van der Waals surface area contributed by atoms with Crippen molar-refractivity contribution >= 4 is 11.6 Å². The summed E-state index contributed by atoms with van der Waals surface area (Å²) in [6.45, 7) is 6.50. The van der Waals surface area contributed by atoms with Crippen molar-refractivity contribution in [3.05, 3.63) is 23.8 Å². The maximum absolute atomic E-state index is 12.2. The largest absolute Gasteiger partial charge is 0.493 e. The van der Waals surface area contributed by atoms with Gasteiger partial charge in [-0.2, -0.15) is 0 Å². The van der Waals surface area contributed by atoms with Crippen molar-refractivity contribution in [3.63, 3.8) is 0 Å². The minimum Gasteiger partial charge on any atom is -0.493 e. The molecule has 1 aromatic rings. The third-order valence-corrected chi connectivity index (χ3v) is 2.98. The standard InChI is InChI=1S/C16H26N2O3/c1-3-5-11-20-12-7-10-18-16(19)15-13(17)8-6-9-14(15)21-4-2/h6,8-9H,3-5,7,10-12,17H2,1-2H3,(H,18,19). The molecule has 118 valence electrons. The summed E-state index contributed by atoms with van der Waals surface area (Å²) in [5, 5.41) is 2.85. The summed E-state index contributed by atoms with van der Waals surface area (Å²) in [5.41, 5.74) is 6.71. The maximum atomic E-state index is 12.2. The molecule has 1 rings (SSSR count). The number of carbonyl (C=O) groups excluding carboxylic acids is 1. The molecule has 0 aliphatic carbocycles. The Morgan fingerprint density at radius 2 is 2.00 bits per heavy atom. The van der Waals surface area contributed by atoms with E-state index in [2.05, 4.69) is 12.2 Å². The van der Waals surface area contributed by atoms with E-state index in [4.69, 9.17) is 15.2 Å². The van der Waals surface area contributed by atoms with E-state index in [0.717, 1.165) is 25.9 Å². The van der Waals surface area contributed by atoms with E-state index in [-0.39, 0.29) is 5.91 Å². The zero-order valence-corrected chi connectivity index (χ0v) is 13.0. The number of nitrogen functional groups attached to an aromatic ring is 1. The van der Waals surface area contributed by atoms with Crippen molar-refractivity contribution in [2.45, 2.75) is 33.1 Å². The summed E-state index contributed by atoms with van der Waals surface area (Å²) in [6, 6.07) is 5.23.